The van der Waals surface area contributed by atoms with Crippen molar-refractivity contribution < 1.29 is 14.1 Å². The second-order valence-electron chi connectivity index (χ2n) is 8.01. The minimum atomic E-state index is -0.349. The number of amides is 1. The summed E-state index contributed by atoms with van der Waals surface area (Å²) in [5.41, 5.74) is 1.50. The molecule has 0 bridgehead atoms. The van der Waals surface area contributed by atoms with Gasteiger partial charge in [0.1, 0.15) is 17.2 Å². The maximum absolute atomic E-state index is 13.3. The molecule has 0 N–H and O–H groups in total. The summed E-state index contributed by atoms with van der Waals surface area (Å²) in [6.07, 6.45) is 2.23. The third kappa shape index (κ3) is 4.39. The van der Waals surface area contributed by atoms with Crippen molar-refractivity contribution in [2.45, 2.75) is 12.5 Å². The highest BCUT2D eigenvalue weighted by atomic mass is 32.1. The molecule has 2 aliphatic heterocycles. The molecule has 4 heterocycles. The summed E-state index contributed by atoms with van der Waals surface area (Å²) in [6, 6.07) is 14.3. The van der Waals surface area contributed by atoms with E-state index in [0.29, 0.717) is 44.0 Å². The Morgan fingerprint density at radius 2 is 1.94 bits per heavy atom. The molecular weight excluding hydrogens is 442 g/mol. The molecule has 0 radical (unpaired) electrons. The molecule has 170 valence electrons. The van der Waals surface area contributed by atoms with Crippen LogP contribution in [0.25, 0.3) is 0 Å². The van der Waals surface area contributed by atoms with Crippen molar-refractivity contribution in [3.05, 3.63) is 80.9 Å². The largest absolute Gasteiger partial charge is 0.463 e. The van der Waals surface area contributed by atoms with Gasteiger partial charge in [0, 0.05) is 43.5 Å². The Bertz CT molecular complexity index is 1150. The first kappa shape index (κ1) is 21.4. The van der Waals surface area contributed by atoms with Gasteiger partial charge in [0.25, 0.3) is 11.6 Å². The van der Waals surface area contributed by atoms with Crippen LogP contribution >= 0.6 is 11.3 Å². The average molecular weight is 466 g/mol. The lowest BCUT2D eigenvalue weighted by atomic mass is 10.1. The first-order valence-electron chi connectivity index (χ1n) is 10.8. The molecule has 5 rings (SSSR count). The van der Waals surface area contributed by atoms with E-state index in [1.807, 2.05) is 40.6 Å². The van der Waals surface area contributed by atoms with E-state index in [1.165, 1.54) is 6.07 Å². The monoisotopic (exact) mass is 465 g/mol. The van der Waals surface area contributed by atoms with Crippen LogP contribution in [0, 0.1) is 10.1 Å². The second-order valence-corrected chi connectivity index (χ2v) is 8.99. The first-order valence-corrected chi connectivity index (χ1v) is 11.7. The Hall–Kier alpha value is -3.50. The molecule has 10 heteroatoms. The minimum absolute atomic E-state index is 0.0610. The highest BCUT2D eigenvalue weighted by Crippen LogP contribution is 2.35. The zero-order valence-corrected chi connectivity index (χ0v) is 18.7. The lowest BCUT2D eigenvalue weighted by molar-refractivity contribution is -0.384. The average Bonchev–Trinajstić information content (AvgIpc) is 3.60. The molecule has 1 fully saturated rings. The fraction of sp³-hybridized carbons (Fsp3) is 0.304. The van der Waals surface area contributed by atoms with Crippen molar-refractivity contribution in [3.8, 4) is 0 Å². The number of nitro benzene ring substituents is 1. The van der Waals surface area contributed by atoms with E-state index < -0.39 is 0 Å². The molecule has 1 unspecified atom stereocenters. The van der Waals surface area contributed by atoms with Crippen LogP contribution < -0.4 is 4.90 Å². The van der Waals surface area contributed by atoms with E-state index in [-0.39, 0.29) is 29.1 Å². The number of thiophene rings is 1. The molecule has 2 aromatic heterocycles. The normalized spacial score (nSPS) is 19.0. The summed E-state index contributed by atoms with van der Waals surface area (Å²) in [7, 11) is 0. The molecule has 0 saturated carbocycles. The summed E-state index contributed by atoms with van der Waals surface area (Å²) in [5.74, 6) is 0.624. The van der Waals surface area contributed by atoms with Crippen molar-refractivity contribution in [3.63, 3.8) is 0 Å². The van der Waals surface area contributed by atoms with Gasteiger partial charge in [0.2, 0.25) is 0 Å². The lowest BCUT2D eigenvalue weighted by Gasteiger charge is -2.36. The zero-order chi connectivity index (χ0) is 22.8. The van der Waals surface area contributed by atoms with Gasteiger partial charge in [-0.2, -0.15) is 5.10 Å². The van der Waals surface area contributed by atoms with Gasteiger partial charge in [-0.25, -0.2) is 5.01 Å². The summed E-state index contributed by atoms with van der Waals surface area (Å²) in [5, 5.41) is 19.6. The number of hydrazone groups is 1. The summed E-state index contributed by atoms with van der Waals surface area (Å²) in [6.45, 7) is 2.77. The van der Waals surface area contributed by atoms with Gasteiger partial charge in [0.15, 0.2) is 0 Å². The minimum Gasteiger partial charge on any atom is -0.463 e. The smallest absolute Gasteiger partial charge is 0.292 e. The van der Waals surface area contributed by atoms with Crippen molar-refractivity contribution in [1.82, 2.24) is 9.91 Å². The van der Waals surface area contributed by atoms with Crippen LogP contribution in [0.3, 0.4) is 0 Å². The Morgan fingerprint density at radius 1 is 1.12 bits per heavy atom. The fourth-order valence-electron chi connectivity index (χ4n) is 4.33. The van der Waals surface area contributed by atoms with E-state index in [1.54, 1.807) is 34.7 Å². The number of hydrogen-bond donors (Lipinski definition) is 0. The van der Waals surface area contributed by atoms with Gasteiger partial charge >= 0.3 is 0 Å². The zero-order valence-electron chi connectivity index (χ0n) is 17.9. The van der Waals surface area contributed by atoms with Crippen molar-refractivity contribution >= 4 is 34.3 Å². The van der Waals surface area contributed by atoms with Gasteiger partial charge in [-0.3, -0.25) is 19.8 Å². The van der Waals surface area contributed by atoms with Crippen LogP contribution in [0.1, 0.15) is 23.1 Å². The number of anilines is 1. The van der Waals surface area contributed by atoms with Crippen LogP contribution in [0.15, 0.2) is 69.7 Å². The topological polar surface area (TPSA) is 95.4 Å². The van der Waals surface area contributed by atoms with Crippen LogP contribution in [0.4, 0.5) is 11.4 Å². The van der Waals surface area contributed by atoms with Crippen molar-refractivity contribution in [2.75, 3.05) is 37.6 Å². The standard InChI is InChI=1S/C23H23N5O4S/c29-23(16-25-9-11-26(12-10-25)18-5-1-2-6-19(18)28(30)31)27-20(22-8-4-14-33-22)15-17(24-27)21-7-3-13-32-21/h1-8,13-14,20H,9-12,15-16H2. The maximum atomic E-state index is 13.3. The van der Waals surface area contributed by atoms with Crippen LogP contribution in [-0.2, 0) is 4.79 Å². The summed E-state index contributed by atoms with van der Waals surface area (Å²) in [4.78, 5) is 29.5. The quantitative estimate of drug-likeness (QED) is 0.406. The number of rotatable bonds is 6. The van der Waals surface area contributed by atoms with Gasteiger partial charge in [-0.1, -0.05) is 18.2 Å². The van der Waals surface area contributed by atoms with Gasteiger partial charge in [0.05, 0.1) is 23.8 Å². The lowest BCUT2D eigenvalue weighted by Crippen LogP contribution is -2.49. The number of carbonyl (C=O) groups is 1. The molecular formula is C23H23N5O4S. The van der Waals surface area contributed by atoms with Gasteiger partial charge in [-0.15, -0.1) is 11.3 Å². The number of furan rings is 1. The number of benzene rings is 1. The molecule has 3 aromatic rings. The number of nitro groups is 1. The number of nitrogens with zero attached hydrogens (tertiary/aromatic N) is 5. The van der Waals surface area contributed by atoms with Gasteiger partial charge < -0.3 is 9.32 Å². The highest BCUT2D eigenvalue weighted by Gasteiger charge is 2.35. The Morgan fingerprint density at radius 3 is 2.64 bits per heavy atom. The molecule has 1 saturated heterocycles. The van der Waals surface area contributed by atoms with E-state index in [4.69, 9.17) is 4.42 Å². The maximum Gasteiger partial charge on any atom is 0.292 e. The molecule has 33 heavy (non-hydrogen) atoms. The first-order chi connectivity index (χ1) is 16.1. The molecule has 9 nitrogen and oxygen atoms in total. The number of carbonyl (C=O) groups excluding carboxylic acids is 1. The Labute approximate surface area is 194 Å². The van der Waals surface area contributed by atoms with E-state index in [0.717, 1.165) is 10.6 Å². The fourth-order valence-corrected chi connectivity index (χ4v) is 5.14. The predicted octanol–water partition coefficient (Wildman–Crippen LogP) is 3.75. The third-order valence-electron chi connectivity index (χ3n) is 5.99. The Balaban J connectivity index is 1.26. The van der Waals surface area contributed by atoms with Gasteiger partial charge in [-0.05, 0) is 29.6 Å². The second kappa shape index (κ2) is 9.16. The molecule has 0 aliphatic carbocycles. The summed E-state index contributed by atoms with van der Waals surface area (Å²) >= 11 is 1.62. The van der Waals surface area contributed by atoms with Crippen molar-refractivity contribution in [2.24, 2.45) is 5.10 Å². The third-order valence-corrected chi connectivity index (χ3v) is 6.97. The highest BCUT2D eigenvalue weighted by molar-refractivity contribution is 7.10. The van der Waals surface area contributed by atoms with Crippen LogP contribution in [0.2, 0.25) is 0 Å². The van der Waals surface area contributed by atoms with Crippen molar-refractivity contribution in [1.29, 1.82) is 0 Å². The SMILES string of the molecule is O=C(CN1CCN(c2ccccc2[N+](=O)[O-])CC1)N1N=C(c2ccco2)CC1c1cccs1. The van der Waals surface area contributed by atoms with E-state index >= 15 is 0 Å². The van der Waals surface area contributed by atoms with Crippen LogP contribution in [0.5, 0.6) is 0 Å². The van der Waals surface area contributed by atoms with E-state index in [9.17, 15) is 14.9 Å². The molecule has 0 spiro atoms. The van der Waals surface area contributed by atoms with E-state index in [2.05, 4.69) is 10.0 Å². The summed E-state index contributed by atoms with van der Waals surface area (Å²) < 4.78 is 5.51. The Kier molecular flexibility index (Phi) is 5.93. The number of hydrogen-bond acceptors (Lipinski definition) is 8. The molecule has 1 atom stereocenters. The molecule has 2 aliphatic rings. The van der Waals surface area contributed by atoms with Crippen LogP contribution in [-0.4, -0.2) is 59.2 Å². The molecule has 1 amide bonds. The number of piperazine rings is 1. The molecule has 1 aromatic carbocycles. The number of para-hydroxylation sites is 2. The predicted molar refractivity (Wildman–Crippen MR) is 126 cm³/mol.